The molecule has 0 saturated carbocycles. The van der Waals surface area contributed by atoms with Crippen LogP contribution in [0.15, 0.2) is 30.3 Å². The summed E-state index contributed by atoms with van der Waals surface area (Å²) >= 11 is 0. The van der Waals surface area contributed by atoms with Crippen molar-refractivity contribution in [3.8, 4) is 0 Å². The first-order chi connectivity index (χ1) is 10.6. The normalized spacial score (nSPS) is 18.7. The van der Waals surface area contributed by atoms with Crippen LogP contribution in [0.5, 0.6) is 0 Å². The number of hydrogen-bond acceptors (Lipinski definition) is 3. The van der Waals surface area contributed by atoms with Crippen molar-refractivity contribution in [2.45, 2.75) is 38.1 Å². The molecule has 0 fully saturated rings. The Labute approximate surface area is 129 Å². The van der Waals surface area contributed by atoms with Gasteiger partial charge in [-0.1, -0.05) is 30.3 Å². The molecule has 0 amide bonds. The maximum Gasteiger partial charge on any atom is 0.356 e. The first kappa shape index (κ1) is 14.8. The highest BCUT2D eigenvalue weighted by molar-refractivity contribution is 5.87. The summed E-state index contributed by atoms with van der Waals surface area (Å²) in [5.41, 5.74) is 9.04. The smallest absolute Gasteiger partial charge is 0.356 e. The Morgan fingerprint density at radius 1 is 1.45 bits per heavy atom. The second-order valence-corrected chi connectivity index (χ2v) is 5.87. The maximum absolute atomic E-state index is 11.6. The third kappa shape index (κ3) is 2.41. The number of nitrogens with zero attached hydrogens (tertiary/aromatic N) is 2. The molecule has 3 N–H and O–H groups in total. The average Bonchev–Trinajstić information content (AvgIpc) is 2.95. The Bertz CT molecular complexity index is 679. The van der Waals surface area contributed by atoms with Crippen LogP contribution in [0.25, 0.3) is 0 Å². The number of benzene rings is 1. The predicted octanol–water partition coefficient (Wildman–Crippen LogP) is 2.57. The van der Waals surface area contributed by atoms with Crippen LogP contribution in [-0.2, 0) is 6.42 Å². The zero-order valence-electron chi connectivity index (χ0n) is 12.7. The number of carboxylic acids is 1. The van der Waals surface area contributed by atoms with Crippen molar-refractivity contribution in [3.05, 3.63) is 52.8 Å². The molecule has 1 aliphatic rings. The van der Waals surface area contributed by atoms with Crippen molar-refractivity contribution in [1.29, 1.82) is 0 Å². The van der Waals surface area contributed by atoms with Crippen molar-refractivity contribution >= 4 is 5.97 Å². The van der Waals surface area contributed by atoms with Crippen molar-refractivity contribution in [1.82, 2.24) is 9.78 Å². The van der Waals surface area contributed by atoms with E-state index in [0.29, 0.717) is 6.54 Å². The molecule has 116 valence electrons. The molecule has 0 saturated heterocycles. The highest BCUT2D eigenvalue weighted by Gasteiger charge is 2.32. The Balaban J connectivity index is 2.11. The molecule has 1 aliphatic carbocycles. The minimum atomic E-state index is -0.962. The van der Waals surface area contributed by atoms with Gasteiger partial charge in [-0.05, 0) is 38.3 Å². The molecule has 2 atom stereocenters. The minimum Gasteiger partial charge on any atom is -0.476 e. The maximum atomic E-state index is 11.6. The molecular formula is C17H21N3O2. The first-order valence-corrected chi connectivity index (χ1v) is 7.73. The van der Waals surface area contributed by atoms with Crippen LogP contribution >= 0.6 is 0 Å². The number of nitrogens with two attached hydrogens (primary N) is 1. The van der Waals surface area contributed by atoms with Crippen LogP contribution in [0.2, 0.25) is 0 Å². The van der Waals surface area contributed by atoms with E-state index in [1.165, 1.54) is 0 Å². The number of aromatic nitrogens is 2. The summed E-state index contributed by atoms with van der Waals surface area (Å²) in [6.45, 7) is 2.53. The molecule has 0 radical (unpaired) electrons. The second-order valence-electron chi connectivity index (χ2n) is 5.87. The SMILES string of the molecule is CC(c1ccccc1)n1nc(C(=O)O)c2c1CCCC2CN. The molecule has 0 spiro atoms. The highest BCUT2D eigenvalue weighted by Crippen LogP contribution is 2.35. The van der Waals surface area contributed by atoms with Crippen molar-refractivity contribution in [2.75, 3.05) is 6.54 Å². The molecule has 1 aromatic heterocycles. The van der Waals surface area contributed by atoms with E-state index in [9.17, 15) is 9.90 Å². The molecule has 2 aromatic rings. The predicted molar refractivity (Wildman–Crippen MR) is 84.2 cm³/mol. The number of carbonyl (C=O) groups is 1. The molecule has 5 heteroatoms. The van der Waals surface area contributed by atoms with Gasteiger partial charge in [0, 0.05) is 17.2 Å². The number of fused-ring (bicyclic) bond motifs is 1. The summed E-state index contributed by atoms with van der Waals surface area (Å²) in [4.78, 5) is 11.6. The topological polar surface area (TPSA) is 81.1 Å². The van der Waals surface area contributed by atoms with E-state index in [2.05, 4.69) is 12.0 Å². The van der Waals surface area contributed by atoms with E-state index in [4.69, 9.17) is 5.73 Å². The standard InChI is InChI=1S/C17H21N3O2/c1-11(12-6-3-2-4-7-12)20-14-9-5-8-13(10-18)15(14)16(19-20)17(21)22/h2-4,6-7,11,13H,5,8-10,18H2,1H3,(H,21,22). The van der Waals surface area contributed by atoms with Crippen molar-refractivity contribution in [2.24, 2.45) is 5.73 Å². The Hall–Kier alpha value is -2.14. The van der Waals surface area contributed by atoms with Gasteiger partial charge in [0.25, 0.3) is 0 Å². The van der Waals surface area contributed by atoms with Crippen LogP contribution in [0.3, 0.4) is 0 Å². The third-order valence-corrected chi connectivity index (χ3v) is 4.56. The number of carboxylic acid groups (broad SMARTS) is 1. The Kier molecular flexibility index (Phi) is 3.98. The number of aromatic carboxylic acids is 1. The van der Waals surface area contributed by atoms with Crippen molar-refractivity contribution in [3.63, 3.8) is 0 Å². The van der Waals surface area contributed by atoms with Crippen molar-refractivity contribution < 1.29 is 9.90 Å². The fraction of sp³-hybridized carbons (Fsp3) is 0.412. The van der Waals surface area contributed by atoms with Gasteiger partial charge in [-0.2, -0.15) is 5.10 Å². The summed E-state index contributed by atoms with van der Waals surface area (Å²) in [6.07, 6.45) is 2.83. The molecular weight excluding hydrogens is 278 g/mol. The lowest BCUT2D eigenvalue weighted by Gasteiger charge is -2.24. The summed E-state index contributed by atoms with van der Waals surface area (Å²) in [7, 11) is 0. The van der Waals surface area contributed by atoms with Gasteiger partial charge >= 0.3 is 5.97 Å². The fourth-order valence-electron chi connectivity index (χ4n) is 3.41. The molecule has 5 nitrogen and oxygen atoms in total. The van der Waals surface area contributed by atoms with Crippen LogP contribution in [0.1, 0.15) is 59.0 Å². The van der Waals surface area contributed by atoms with E-state index < -0.39 is 5.97 Å². The van der Waals surface area contributed by atoms with E-state index in [0.717, 1.165) is 36.1 Å². The molecule has 3 rings (SSSR count). The zero-order chi connectivity index (χ0) is 15.7. The lowest BCUT2D eigenvalue weighted by Crippen LogP contribution is -2.21. The molecule has 0 aliphatic heterocycles. The van der Waals surface area contributed by atoms with Gasteiger partial charge in [0.2, 0.25) is 0 Å². The Morgan fingerprint density at radius 3 is 2.82 bits per heavy atom. The highest BCUT2D eigenvalue weighted by atomic mass is 16.4. The third-order valence-electron chi connectivity index (χ3n) is 4.56. The van der Waals surface area contributed by atoms with Gasteiger partial charge in [0.1, 0.15) is 0 Å². The molecule has 1 aromatic carbocycles. The van der Waals surface area contributed by atoms with E-state index >= 15 is 0 Å². The minimum absolute atomic E-state index is 0.0135. The van der Waals surface area contributed by atoms with Gasteiger partial charge in [-0.25, -0.2) is 4.79 Å². The van der Waals surface area contributed by atoms with E-state index in [1.807, 2.05) is 35.0 Å². The largest absolute Gasteiger partial charge is 0.476 e. The lowest BCUT2D eigenvalue weighted by atomic mass is 9.85. The summed E-state index contributed by atoms with van der Waals surface area (Å²) in [5.74, 6) is -0.859. The zero-order valence-corrected chi connectivity index (χ0v) is 12.7. The van der Waals surface area contributed by atoms with E-state index in [1.54, 1.807) is 0 Å². The van der Waals surface area contributed by atoms with Gasteiger partial charge in [0.05, 0.1) is 6.04 Å². The van der Waals surface area contributed by atoms with Crippen LogP contribution in [0, 0.1) is 0 Å². The monoisotopic (exact) mass is 299 g/mol. The first-order valence-electron chi connectivity index (χ1n) is 7.73. The van der Waals surface area contributed by atoms with Gasteiger partial charge in [-0.15, -0.1) is 0 Å². The van der Waals surface area contributed by atoms with Gasteiger partial charge in [0.15, 0.2) is 5.69 Å². The lowest BCUT2D eigenvalue weighted by molar-refractivity contribution is 0.0687. The molecule has 22 heavy (non-hydrogen) atoms. The quantitative estimate of drug-likeness (QED) is 0.909. The van der Waals surface area contributed by atoms with Gasteiger partial charge in [-0.3, -0.25) is 4.68 Å². The molecule has 1 heterocycles. The summed E-state index contributed by atoms with van der Waals surface area (Å²) < 4.78 is 1.88. The van der Waals surface area contributed by atoms with Crippen LogP contribution in [0.4, 0.5) is 0 Å². The number of rotatable bonds is 4. The van der Waals surface area contributed by atoms with Crippen LogP contribution in [-0.4, -0.2) is 27.4 Å². The Morgan fingerprint density at radius 2 is 2.18 bits per heavy atom. The van der Waals surface area contributed by atoms with E-state index in [-0.39, 0.29) is 17.7 Å². The van der Waals surface area contributed by atoms with Crippen LogP contribution < -0.4 is 5.73 Å². The summed E-state index contributed by atoms with van der Waals surface area (Å²) in [5, 5.41) is 13.9. The second kappa shape index (κ2) is 5.93. The fourth-order valence-corrected chi connectivity index (χ4v) is 3.41. The molecule has 2 unspecified atom stereocenters. The van der Waals surface area contributed by atoms with Gasteiger partial charge < -0.3 is 10.8 Å². The average molecular weight is 299 g/mol. The molecule has 0 bridgehead atoms. The summed E-state index contributed by atoms with van der Waals surface area (Å²) in [6, 6.07) is 10.1. The number of hydrogen-bond donors (Lipinski definition) is 2.